The second-order valence-corrected chi connectivity index (χ2v) is 4.57. The number of aldehydes is 1. The average molecular weight is 375 g/mol. The Balaban J connectivity index is 0.00000147. The Hall–Kier alpha value is -1.75. The lowest BCUT2D eigenvalue weighted by Crippen LogP contribution is -1.89. The van der Waals surface area contributed by atoms with Crippen molar-refractivity contribution in [1.82, 2.24) is 4.98 Å². The number of hydrogen-bond donors (Lipinski definition) is 0. The summed E-state index contributed by atoms with van der Waals surface area (Å²) in [5, 5.41) is 1.11. The van der Waals surface area contributed by atoms with Crippen LogP contribution in [0, 0.1) is 6.92 Å². The Bertz CT molecular complexity index is 768. The van der Waals surface area contributed by atoms with E-state index in [0.717, 1.165) is 34.0 Å². The van der Waals surface area contributed by atoms with Gasteiger partial charge >= 0.3 is 0 Å². The van der Waals surface area contributed by atoms with Crippen molar-refractivity contribution < 1.29 is 4.79 Å². The molecule has 1 heterocycles. The summed E-state index contributed by atoms with van der Waals surface area (Å²) in [6, 6.07) is 17.8. The molecule has 2 aromatic carbocycles. The van der Waals surface area contributed by atoms with Crippen LogP contribution in [0.2, 0.25) is 0 Å². The molecule has 0 aliphatic heterocycles. The van der Waals surface area contributed by atoms with Crippen LogP contribution in [0.3, 0.4) is 0 Å². The highest BCUT2D eigenvalue weighted by Crippen LogP contribution is 2.28. The molecule has 1 aromatic heterocycles. The normalized spacial score (nSPS) is 10.1. The Morgan fingerprint density at radius 3 is 2.60 bits per heavy atom. The van der Waals surface area contributed by atoms with Gasteiger partial charge in [0.15, 0.2) is 0 Å². The number of nitrogens with zero attached hydrogens (tertiary/aromatic N) is 1. The van der Waals surface area contributed by atoms with E-state index in [2.05, 4.69) is 17.1 Å². The summed E-state index contributed by atoms with van der Waals surface area (Å²) < 4.78 is 0. The maximum Gasteiger partial charge on any atom is 0.150 e. The van der Waals surface area contributed by atoms with Crippen molar-refractivity contribution in [2.45, 2.75) is 6.92 Å². The zero-order valence-electron chi connectivity index (χ0n) is 11.0. The molecule has 0 radical (unpaired) electrons. The lowest BCUT2D eigenvalue weighted by molar-refractivity contribution is 0.112. The van der Waals surface area contributed by atoms with E-state index >= 15 is 0 Å². The minimum absolute atomic E-state index is 0. The number of aromatic nitrogens is 1. The van der Waals surface area contributed by atoms with Crippen LogP contribution in [0.15, 0.2) is 54.6 Å². The third-order valence-corrected chi connectivity index (χ3v) is 3.18. The van der Waals surface area contributed by atoms with Gasteiger partial charge in [-0.1, -0.05) is 36.4 Å². The van der Waals surface area contributed by atoms with Gasteiger partial charge in [-0.05, 0) is 36.2 Å². The van der Waals surface area contributed by atoms with E-state index in [4.69, 9.17) is 0 Å². The molecular formula is C17H14INO. The minimum atomic E-state index is 0. The summed E-state index contributed by atoms with van der Waals surface area (Å²) in [6.07, 6.45) is 0.875. The van der Waals surface area contributed by atoms with Gasteiger partial charge in [0.25, 0.3) is 0 Å². The number of halogens is 1. The fourth-order valence-corrected chi connectivity index (χ4v) is 2.33. The molecule has 0 fully saturated rings. The molecule has 0 N–H and O–H groups in total. The summed E-state index contributed by atoms with van der Waals surface area (Å²) in [4.78, 5) is 15.4. The molecular weight excluding hydrogens is 361 g/mol. The highest BCUT2D eigenvalue weighted by Gasteiger charge is 2.06. The number of carbonyl (C=O) groups excluding carboxylic acids is 1. The van der Waals surface area contributed by atoms with Crippen LogP contribution in [-0.2, 0) is 0 Å². The molecule has 0 atom stereocenters. The van der Waals surface area contributed by atoms with Crippen LogP contribution in [0.4, 0.5) is 0 Å². The predicted octanol–water partition coefficient (Wildman–Crippen LogP) is 4.64. The van der Waals surface area contributed by atoms with E-state index < -0.39 is 0 Å². The van der Waals surface area contributed by atoms with Gasteiger partial charge in [-0.15, -0.1) is 24.0 Å². The predicted molar refractivity (Wildman–Crippen MR) is 92.7 cm³/mol. The lowest BCUT2D eigenvalue weighted by Gasteiger charge is -2.08. The summed E-state index contributed by atoms with van der Waals surface area (Å²) in [7, 11) is 0. The molecule has 0 saturated carbocycles. The Kier molecular flexibility index (Phi) is 4.49. The minimum Gasteiger partial charge on any atom is -0.298 e. The summed E-state index contributed by atoms with van der Waals surface area (Å²) in [5.74, 6) is 0. The molecule has 0 unspecified atom stereocenters. The Morgan fingerprint density at radius 1 is 1.00 bits per heavy atom. The van der Waals surface area contributed by atoms with Gasteiger partial charge in [-0.3, -0.25) is 9.78 Å². The molecule has 0 saturated heterocycles. The standard InChI is InChI=1S/C17H13NO.HI/c1-12-9-16(14-6-4-5-13(10-14)11-19)15-7-2-3-8-17(15)18-12;/h2-11H,1H3;1H. The van der Waals surface area contributed by atoms with Crippen LogP contribution < -0.4 is 0 Å². The summed E-state index contributed by atoms with van der Waals surface area (Å²) in [6.45, 7) is 1.99. The molecule has 20 heavy (non-hydrogen) atoms. The molecule has 0 bridgehead atoms. The summed E-state index contributed by atoms with van der Waals surface area (Å²) in [5.41, 5.74) is 4.81. The number of aryl methyl sites for hydroxylation is 1. The highest BCUT2D eigenvalue weighted by molar-refractivity contribution is 14.0. The fourth-order valence-electron chi connectivity index (χ4n) is 2.33. The number of benzene rings is 2. The van der Waals surface area contributed by atoms with Gasteiger partial charge in [0.2, 0.25) is 0 Å². The number of carbonyl (C=O) groups is 1. The SMILES string of the molecule is Cc1cc(-c2cccc(C=O)c2)c2ccccc2n1.I. The molecule has 0 aliphatic rings. The number of para-hydroxylation sites is 1. The molecule has 100 valence electrons. The zero-order chi connectivity index (χ0) is 13.2. The zero-order valence-corrected chi connectivity index (χ0v) is 13.4. The maximum absolute atomic E-state index is 10.9. The van der Waals surface area contributed by atoms with E-state index in [-0.39, 0.29) is 24.0 Å². The van der Waals surface area contributed by atoms with Crippen molar-refractivity contribution in [3.05, 3.63) is 65.9 Å². The number of fused-ring (bicyclic) bond motifs is 1. The first-order valence-electron chi connectivity index (χ1n) is 6.20. The molecule has 0 amide bonds. The first kappa shape index (κ1) is 14.7. The van der Waals surface area contributed by atoms with Gasteiger partial charge < -0.3 is 0 Å². The van der Waals surface area contributed by atoms with Crippen molar-refractivity contribution in [2.24, 2.45) is 0 Å². The maximum atomic E-state index is 10.9. The lowest BCUT2D eigenvalue weighted by atomic mass is 9.99. The second-order valence-electron chi connectivity index (χ2n) is 4.57. The topological polar surface area (TPSA) is 30.0 Å². The molecule has 3 aromatic rings. The summed E-state index contributed by atoms with van der Waals surface area (Å²) >= 11 is 0. The first-order chi connectivity index (χ1) is 9.28. The smallest absolute Gasteiger partial charge is 0.150 e. The first-order valence-corrected chi connectivity index (χ1v) is 6.20. The monoisotopic (exact) mass is 375 g/mol. The van der Waals surface area contributed by atoms with Crippen LogP contribution in [0.25, 0.3) is 22.0 Å². The van der Waals surface area contributed by atoms with Gasteiger partial charge in [0, 0.05) is 16.6 Å². The number of rotatable bonds is 2. The van der Waals surface area contributed by atoms with Crippen molar-refractivity contribution >= 4 is 41.2 Å². The van der Waals surface area contributed by atoms with Crippen LogP contribution in [-0.4, -0.2) is 11.3 Å². The van der Waals surface area contributed by atoms with Crippen molar-refractivity contribution in [1.29, 1.82) is 0 Å². The van der Waals surface area contributed by atoms with E-state index in [1.807, 2.05) is 49.4 Å². The fraction of sp³-hybridized carbons (Fsp3) is 0.0588. The largest absolute Gasteiger partial charge is 0.298 e. The van der Waals surface area contributed by atoms with Crippen molar-refractivity contribution in [3.8, 4) is 11.1 Å². The molecule has 0 aliphatic carbocycles. The molecule has 0 spiro atoms. The Morgan fingerprint density at radius 2 is 1.80 bits per heavy atom. The second kappa shape index (κ2) is 6.13. The van der Waals surface area contributed by atoms with Gasteiger partial charge in [-0.2, -0.15) is 0 Å². The van der Waals surface area contributed by atoms with Crippen molar-refractivity contribution in [2.75, 3.05) is 0 Å². The van der Waals surface area contributed by atoms with Crippen LogP contribution in [0.5, 0.6) is 0 Å². The third kappa shape index (κ3) is 2.72. The van der Waals surface area contributed by atoms with Crippen molar-refractivity contribution in [3.63, 3.8) is 0 Å². The molecule has 2 nitrogen and oxygen atoms in total. The molecule has 3 heteroatoms. The van der Waals surface area contributed by atoms with E-state index in [9.17, 15) is 4.79 Å². The van der Waals surface area contributed by atoms with E-state index in [1.165, 1.54) is 0 Å². The highest BCUT2D eigenvalue weighted by atomic mass is 127. The van der Waals surface area contributed by atoms with Gasteiger partial charge in [0.05, 0.1) is 5.52 Å². The van der Waals surface area contributed by atoms with Gasteiger partial charge in [-0.25, -0.2) is 0 Å². The van der Waals surface area contributed by atoms with E-state index in [1.54, 1.807) is 0 Å². The Labute approximate surface area is 134 Å². The molecule has 3 rings (SSSR count). The average Bonchev–Trinajstić information content (AvgIpc) is 2.46. The van der Waals surface area contributed by atoms with E-state index in [0.29, 0.717) is 5.56 Å². The number of pyridine rings is 1. The number of hydrogen-bond acceptors (Lipinski definition) is 2. The van der Waals surface area contributed by atoms with Crippen LogP contribution in [0.1, 0.15) is 16.1 Å². The quantitative estimate of drug-likeness (QED) is 0.483. The van der Waals surface area contributed by atoms with Gasteiger partial charge in [0.1, 0.15) is 6.29 Å². The third-order valence-electron chi connectivity index (χ3n) is 3.18. The van der Waals surface area contributed by atoms with Crippen LogP contribution >= 0.6 is 24.0 Å².